The number of anilines is 1. The summed E-state index contributed by atoms with van der Waals surface area (Å²) in [5.41, 5.74) is 5.67. The monoisotopic (exact) mass is 253 g/mol. The highest BCUT2D eigenvalue weighted by Crippen LogP contribution is 1.99. The summed E-state index contributed by atoms with van der Waals surface area (Å²) in [7, 11) is 0. The number of amides is 1. The van der Waals surface area contributed by atoms with Gasteiger partial charge >= 0.3 is 0 Å². The molecule has 18 heavy (non-hydrogen) atoms. The number of nitrogens with one attached hydrogen (secondary N) is 1. The van der Waals surface area contributed by atoms with Crippen molar-refractivity contribution in [1.82, 2.24) is 9.88 Å². The van der Waals surface area contributed by atoms with E-state index in [4.69, 9.17) is 5.73 Å². The van der Waals surface area contributed by atoms with Crippen LogP contribution >= 0.6 is 0 Å². The molecular weight excluding hydrogens is 234 g/mol. The van der Waals surface area contributed by atoms with Gasteiger partial charge in [-0.3, -0.25) is 9.59 Å². The lowest BCUT2D eigenvalue weighted by Gasteiger charge is -2.15. The van der Waals surface area contributed by atoms with Crippen molar-refractivity contribution in [3.05, 3.63) is 28.7 Å². The minimum atomic E-state index is -0.591. The quantitative estimate of drug-likeness (QED) is 0.663. The number of hydrogen-bond donors (Lipinski definition) is 3. The summed E-state index contributed by atoms with van der Waals surface area (Å²) in [5, 5.41) is 12.1. The van der Waals surface area contributed by atoms with Gasteiger partial charge in [-0.05, 0) is 12.0 Å². The van der Waals surface area contributed by atoms with Gasteiger partial charge < -0.3 is 20.7 Å². The third-order valence-electron chi connectivity index (χ3n) is 2.60. The number of nitrogens with two attached hydrogens (primary N) is 1. The Kier molecular flexibility index (Phi) is 4.91. The van der Waals surface area contributed by atoms with E-state index in [1.165, 1.54) is 22.9 Å². The van der Waals surface area contributed by atoms with E-state index in [9.17, 15) is 14.7 Å². The molecule has 1 unspecified atom stereocenters. The summed E-state index contributed by atoms with van der Waals surface area (Å²) >= 11 is 0. The van der Waals surface area contributed by atoms with Crippen molar-refractivity contribution in [2.24, 2.45) is 5.92 Å². The number of aliphatic hydroxyl groups is 1. The number of aliphatic hydroxyl groups excluding tert-OH is 1. The van der Waals surface area contributed by atoms with Crippen LogP contribution in [-0.2, 0) is 11.3 Å². The minimum absolute atomic E-state index is 0.0698. The van der Waals surface area contributed by atoms with Crippen LogP contribution in [0.25, 0.3) is 0 Å². The van der Waals surface area contributed by atoms with Crippen LogP contribution in [0.3, 0.4) is 0 Å². The number of rotatable bonds is 5. The van der Waals surface area contributed by atoms with E-state index in [1.54, 1.807) is 0 Å². The number of pyridine rings is 1. The van der Waals surface area contributed by atoms with Gasteiger partial charge in [-0.15, -0.1) is 0 Å². The third kappa shape index (κ3) is 4.21. The SMILES string of the molecule is CC(C)C(O)CNC(=O)Cn1cc(N)ccc1=O. The lowest BCUT2D eigenvalue weighted by molar-refractivity contribution is -0.122. The number of carbonyl (C=O) groups is 1. The van der Waals surface area contributed by atoms with Gasteiger partial charge in [0.1, 0.15) is 6.54 Å². The van der Waals surface area contributed by atoms with Gasteiger partial charge in [-0.25, -0.2) is 0 Å². The van der Waals surface area contributed by atoms with Gasteiger partial charge in [0.15, 0.2) is 0 Å². The lowest BCUT2D eigenvalue weighted by atomic mass is 10.1. The smallest absolute Gasteiger partial charge is 0.251 e. The summed E-state index contributed by atoms with van der Waals surface area (Å²) in [6.07, 6.45) is 0.826. The van der Waals surface area contributed by atoms with Gasteiger partial charge in [0.25, 0.3) is 5.56 Å². The van der Waals surface area contributed by atoms with Crippen molar-refractivity contribution >= 4 is 11.6 Å². The molecule has 0 saturated heterocycles. The average molecular weight is 253 g/mol. The first-order valence-corrected chi connectivity index (χ1v) is 5.81. The molecule has 0 fully saturated rings. The van der Waals surface area contributed by atoms with E-state index in [-0.39, 0.29) is 30.5 Å². The third-order valence-corrected chi connectivity index (χ3v) is 2.60. The van der Waals surface area contributed by atoms with Crippen LogP contribution in [0.5, 0.6) is 0 Å². The number of aromatic nitrogens is 1. The summed E-state index contributed by atoms with van der Waals surface area (Å²) < 4.78 is 1.23. The minimum Gasteiger partial charge on any atom is -0.398 e. The van der Waals surface area contributed by atoms with E-state index < -0.39 is 6.10 Å². The molecule has 0 saturated carbocycles. The van der Waals surface area contributed by atoms with Crippen LogP contribution in [0.2, 0.25) is 0 Å². The van der Waals surface area contributed by atoms with Gasteiger partial charge in [0.2, 0.25) is 5.91 Å². The van der Waals surface area contributed by atoms with Crippen LogP contribution in [0.15, 0.2) is 23.1 Å². The van der Waals surface area contributed by atoms with Gasteiger partial charge in [0, 0.05) is 24.5 Å². The fraction of sp³-hybridized carbons (Fsp3) is 0.500. The topological polar surface area (TPSA) is 97.3 Å². The van der Waals surface area contributed by atoms with E-state index in [1.807, 2.05) is 13.8 Å². The van der Waals surface area contributed by atoms with Gasteiger partial charge in [-0.1, -0.05) is 13.8 Å². The van der Waals surface area contributed by atoms with E-state index in [2.05, 4.69) is 5.32 Å². The van der Waals surface area contributed by atoms with Crippen LogP contribution in [0, 0.1) is 5.92 Å². The average Bonchev–Trinajstić information content (AvgIpc) is 2.30. The molecule has 0 bridgehead atoms. The van der Waals surface area contributed by atoms with E-state index in [0.29, 0.717) is 5.69 Å². The largest absolute Gasteiger partial charge is 0.398 e. The molecular formula is C12H19N3O3. The Labute approximate surface area is 105 Å². The first kappa shape index (κ1) is 14.2. The summed E-state index contributed by atoms with van der Waals surface area (Å²) in [4.78, 5) is 23.0. The molecule has 100 valence electrons. The van der Waals surface area contributed by atoms with Crippen molar-refractivity contribution in [1.29, 1.82) is 0 Å². The molecule has 1 aromatic rings. The molecule has 1 amide bonds. The van der Waals surface area contributed by atoms with Crippen LogP contribution in [0.4, 0.5) is 5.69 Å². The Morgan fingerprint density at radius 3 is 2.78 bits per heavy atom. The second-order valence-electron chi connectivity index (χ2n) is 4.54. The molecule has 0 aliphatic heterocycles. The Balaban J connectivity index is 2.55. The summed E-state index contributed by atoms with van der Waals surface area (Å²) in [6, 6.07) is 2.80. The molecule has 1 rings (SSSR count). The molecule has 0 aliphatic carbocycles. The predicted molar refractivity (Wildman–Crippen MR) is 69.0 cm³/mol. The molecule has 0 spiro atoms. The Morgan fingerprint density at radius 2 is 2.17 bits per heavy atom. The number of nitrogens with zero attached hydrogens (tertiary/aromatic N) is 1. The zero-order valence-corrected chi connectivity index (χ0v) is 10.6. The lowest BCUT2D eigenvalue weighted by Crippen LogP contribution is -2.38. The molecule has 0 aliphatic rings. The predicted octanol–water partition coefficient (Wildman–Crippen LogP) is -0.436. The maximum Gasteiger partial charge on any atom is 0.251 e. The highest BCUT2D eigenvalue weighted by Gasteiger charge is 2.11. The molecule has 0 radical (unpaired) electrons. The molecule has 1 atom stereocenters. The molecule has 1 aromatic heterocycles. The second-order valence-corrected chi connectivity index (χ2v) is 4.54. The molecule has 1 heterocycles. The van der Waals surface area contributed by atoms with E-state index >= 15 is 0 Å². The van der Waals surface area contributed by atoms with Crippen molar-refractivity contribution < 1.29 is 9.90 Å². The zero-order valence-electron chi connectivity index (χ0n) is 10.6. The summed E-state index contributed by atoms with van der Waals surface area (Å²) in [6.45, 7) is 3.79. The van der Waals surface area contributed by atoms with Crippen molar-refractivity contribution in [2.45, 2.75) is 26.5 Å². The number of nitrogen functional groups attached to an aromatic ring is 1. The van der Waals surface area contributed by atoms with E-state index in [0.717, 1.165) is 0 Å². The number of carbonyl (C=O) groups excluding carboxylic acids is 1. The molecule has 0 aromatic carbocycles. The van der Waals surface area contributed by atoms with Gasteiger partial charge in [-0.2, -0.15) is 0 Å². The summed E-state index contributed by atoms with van der Waals surface area (Å²) in [5.74, 6) is -0.261. The molecule has 6 nitrogen and oxygen atoms in total. The maximum absolute atomic E-state index is 11.6. The zero-order chi connectivity index (χ0) is 13.7. The Bertz CT molecular complexity index is 468. The number of hydrogen-bond acceptors (Lipinski definition) is 4. The fourth-order valence-electron chi connectivity index (χ4n) is 1.34. The first-order valence-electron chi connectivity index (χ1n) is 5.81. The maximum atomic E-state index is 11.6. The standard InChI is InChI=1S/C12H19N3O3/c1-8(2)10(16)5-14-11(17)7-15-6-9(13)3-4-12(15)18/h3-4,6,8,10,16H,5,7,13H2,1-2H3,(H,14,17). The molecule has 4 N–H and O–H groups in total. The van der Waals surface area contributed by atoms with Crippen LogP contribution in [0.1, 0.15) is 13.8 Å². The Morgan fingerprint density at radius 1 is 1.50 bits per heavy atom. The van der Waals surface area contributed by atoms with Crippen molar-refractivity contribution in [2.75, 3.05) is 12.3 Å². The normalized spacial score (nSPS) is 12.4. The highest BCUT2D eigenvalue weighted by atomic mass is 16.3. The second kappa shape index (κ2) is 6.20. The van der Waals surface area contributed by atoms with Crippen molar-refractivity contribution in [3.8, 4) is 0 Å². The van der Waals surface area contributed by atoms with Gasteiger partial charge in [0.05, 0.1) is 6.10 Å². The van der Waals surface area contributed by atoms with Crippen molar-refractivity contribution in [3.63, 3.8) is 0 Å². The van der Waals surface area contributed by atoms with Crippen LogP contribution < -0.4 is 16.6 Å². The molecule has 6 heteroatoms. The van der Waals surface area contributed by atoms with Crippen LogP contribution in [-0.4, -0.2) is 28.2 Å². The Hall–Kier alpha value is -1.82. The fourth-order valence-corrected chi connectivity index (χ4v) is 1.34. The first-order chi connectivity index (χ1) is 8.40. The highest BCUT2D eigenvalue weighted by molar-refractivity contribution is 5.75.